The number of aryl methyl sites for hydroxylation is 1. The number of furan rings is 1. The van der Waals surface area contributed by atoms with E-state index in [1.807, 2.05) is 6.92 Å². The maximum Gasteiger partial charge on any atom is 0.291 e. The Bertz CT molecular complexity index is 888. The summed E-state index contributed by atoms with van der Waals surface area (Å²) in [4.78, 5) is 12.3. The second-order valence-electron chi connectivity index (χ2n) is 5.55. The van der Waals surface area contributed by atoms with Crippen LogP contribution in [0.2, 0.25) is 5.02 Å². The molecule has 9 heteroatoms. The molecular weight excluding hydrogens is 368 g/mol. The van der Waals surface area contributed by atoms with Gasteiger partial charge in [-0.15, -0.1) is 0 Å². The van der Waals surface area contributed by atoms with E-state index in [9.17, 15) is 13.2 Å². The number of benzene rings is 1. The zero-order valence-electron chi connectivity index (χ0n) is 13.5. The van der Waals surface area contributed by atoms with Gasteiger partial charge in [-0.3, -0.25) is 4.79 Å². The van der Waals surface area contributed by atoms with Gasteiger partial charge in [-0.25, -0.2) is 8.42 Å². The van der Waals surface area contributed by atoms with Gasteiger partial charge < -0.3 is 14.5 Å². The summed E-state index contributed by atoms with van der Waals surface area (Å²) in [6.07, 6.45) is 0. The number of anilines is 1. The van der Waals surface area contributed by atoms with Gasteiger partial charge >= 0.3 is 0 Å². The molecule has 1 aromatic heterocycles. The Labute approximate surface area is 150 Å². The van der Waals surface area contributed by atoms with Gasteiger partial charge in [0.25, 0.3) is 15.9 Å². The molecule has 1 fully saturated rings. The predicted octanol–water partition coefficient (Wildman–Crippen LogP) is 2.51. The van der Waals surface area contributed by atoms with Gasteiger partial charge in [-0.2, -0.15) is 4.31 Å². The average molecular weight is 385 g/mol. The Morgan fingerprint density at radius 3 is 2.64 bits per heavy atom. The quantitative estimate of drug-likeness (QED) is 0.874. The standard InChI is InChI=1S/C16H17ClN2O5S/c1-11-2-3-12(17)10-13(11)18-16(20)14-4-5-15(24-14)25(21,22)19-6-8-23-9-7-19/h2-5,10H,6-9H2,1H3,(H,18,20). The first-order valence-electron chi connectivity index (χ1n) is 7.63. The molecule has 7 nitrogen and oxygen atoms in total. The molecule has 1 aliphatic heterocycles. The van der Waals surface area contributed by atoms with Gasteiger partial charge in [0.1, 0.15) is 0 Å². The van der Waals surface area contributed by atoms with Crippen molar-refractivity contribution in [1.82, 2.24) is 4.31 Å². The molecule has 1 saturated heterocycles. The van der Waals surface area contributed by atoms with Crippen molar-refractivity contribution in [3.05, 3.63) is 46.7 Å². The molecule has 0 atom stereocenters. The van der Waals surface area contributed by atoms with Gasteiger partial charge in [0.15, 0.2) is 5.76 Å². The minimum absolute atomic E-state index is 0.0915. The third-order valence-corrected chi connectivity index (χ3v) is 5.83. The molecule has 2 heterocycles. The van der Waals surface area contributed by atoms with Crippen LogP contribution < -0.4 is 5.32 Å². The normalized spacial score (nSPS) is 15.9. The third-order valence-electron chi connectivity index (χ3n) is 3.82. The summed E-state index contributed by atoms with van der Waals surface area (Å²) < 4.78 is 36.7. The fourth-order valence-electron chi connectivity index (χ4n) is 2.41. The van der Waals surface area contributed by atoms with E-state index < -0.39 is 15.9 Å². The van der Waals surface area contributed by atoms with E-state index in [0.717, 1.165) is 5.56 Å². The van der Waals surface area contributed by atoms with E-state index in [-0.39, 0.29) is 23.9 Å². The second-order valence-corrected chi connectivity index (χ2v) is 7.85. The fraction of sp³-hybridized carbons (Fsp3) is 0.312. The maximum atomic E-state index is 12.5. The third kappa shape index (κ3) is 3.87. The number of carbonyl (C=O) groups excluding carboxylic acids is 1. The number of nitrogens with one attached hydrogen (secondary N) is 1. The maximum absolute atomic E-state index is 12.5. The summed E-state index contributed by atoms with van der Waals surface area (Å²) in [5.74, 6) is -0.639. The predicted molar refractivity (Wildman–Crippen MR) is 92.4 cm³/mol. The molecular formula is C16H17ClN2O5S. The van der Waals surface area contributed by atoms with E-state index in [2.05, 4.69) is 5.32 Å². The SMILES string of the molecule is Cc1ccc(Cl)cc1NC(=O)c1ccc(S(=O)(=O)N2CCOCC2)o1. The fourth-order valence-corrected chi connectivity index (χ4v) is 3.90. The Hall–Kier alpha value is -1.87. The van der Waals surface area contributed by atoms with Crippen molar-refractivity contribution >= 4 is 33.2 Å². The number of hydrogen-bond donors (Lipinski definition) is 1. The molecule has 0 bridgehead atoms. The van der Waals surface area contributed by atoms with Gasteiger partial charge in [0, 0.05) is 23.8 Å². The Kier molecular flexibility index (Phi) is 5.14. The molecule has 0 radical (unpaired) electrons. The average Bonchev–Trinajstić information content (AvgIpc) is 3.10. The highest BCUT2D eigenvalue weighted by atomic mass is 35.5. The number of halogens is 1. The number of amides is 1. The van der Waals surface area contributed by atoms with Crippen LogP contribution in [0.5, 0.6) is 0 Å². The summed E-state index contributed by atoms with van der Waals surface area (Å²) in [5.41, 5.74) is 1.36. The number of ether oxygens (including phenoxy) is 1. The monoisotopic (exact) mass is 384 g/mol. The molecule has 0 saturated carbocycles. The highest BCUT2D eigenvalue weighted by Crippen LogP contribution is 2.23. The van der Waals surface area contributed by atoms with Gasteiger partial charge in [-0.1, -0.05) is 17.7 Å². The van der Waals surface area contributed by atoms with Crippen molar-refractivity contribution in [3.63, 3.8) is 0 Å². The van der Waals surface area contributed by atoms with Gasteiger partial charge in [-0.05, 0) is 36.8 Å². The van der Waals surface area contributed by atoms with Gasteiger partial charge in [0.2, 0.25) is 5.09 Å². The Balaban J connectivity index is 1.78. The van der Waals surface area contributed by atoms with Crippen LogP contribution in [0, 0.1) is 6.92 Å². The topological polar surface area (TPSA) is 88.9 Å². The van der Waals surface area contributed by atoms with Gasteiger partial charge in [0.05, 0.1) is 13.2 Å². The summed E-state index contributed by atoms with van der Waals surface area (Å²) in [7, 11) is -3.78. The van der Waals surface area contributed by atoms with E-state index in [0.29, 0.717) is 23.9 Å². The largest absolute Gasteiger partial charge is 0.438 e. The molecule has 2 aromatic rings. The van der Waals surface area contributed by atoms with Crippen molar-refractivity contribution in [2.45, 2.75) is 12.0 Å². The molecule has 0 spiro atoms. The van der Waals surface area contributed by atoms with Crippen LogP contribution >= 0.6 is 11.6 Å². The molecule has 3 rings (SSSR count). The summed E-state index contributed by atoms with van der Waals surface area (Å²) in [5, 5.41) is 2.89. The first-order chi connectivity index (χ1) is 11.9. The Morgan fingerprint density at radius 1 is 1.20 bits per heavy atom. The zero-order valence-corrected chi connectivity index (χ0v) is 15.1. The molecule has 134 valence electrons. The lowest BCUT2D eigenvalue weighted by molar-refractivity contribution is 0.0723. The number of rotatable bonds is 4. The van der Waals surface area contributed by atoms with E-state index in [4.69, 9.17) is 20.8 Å². The molecule has 0 aliphatic carbocycles. The minimum Gasteiger partial charge on any atom is -0.438 e. The zero-order chi connectivity index (χ0) is 18.0. The number of nitrogens with zero attached hydrogens (tertiary/aromatic N) is 1. The van der Waals surface area contributed by atoms with Crippen LogP contribution in [0.1, 0.15) is 16.1 Å². The van der Waals surface area contributed by atoms with Crippen molar-refractivity contribution in [1.29, 1.82) is 0 Å². The van der Waals surface area contributed by atoms with Crippen LogP contribution in [0.25, 0.3) is 0 Å². The lowest BCUT2D eigenvalue weighted by atomic mass is 10.2. The highest BCUT2D eigenvalue weighted by molar-refractivity contribution is 7.89. The van der Waals surface area contributed by atoms with Crippen LogP contribution in [-0.2, 0) is 14.8 Å². The first kappa shape index (κ1) is 17.9. The molecule has 0 unspecified atom stereocenters. The van der Waals surface area contributed by atoms with E-state index in [1.54, 1.807) is 18.2 Å². The van der Waals surface area contributed by atoms with E-state index >= 15 is 0 Å². The highest BCUT2D eigenvalue weighted by Gasteiger charge is 2.30. The van der Waals surface area contributed by atoms with Crippen LogP contribution in [-0.4, -0.2) is 44.9 Å². The molecule has 1 amide bonds. The number of morpholine rings is 1. The lowest BCUT2D eigenvalue weighted by Crippen LogP contribution is -2.40. The van der Waals surface area contributed by atoms with Crippen LogP contribution in [0.3, 0.4) is 0 Å². The summed E-state index contributed by atoms with van der Waals surface area (Å²) >= 11 is 5.93. The molecule has 1 aliphatic rings. The summed E-state index contributed by atoms with van der Waals surface area (Å²) in [6.45, 7) is 3.00. The van der Waals surface area contributed by atoms with Crippen molar-refractivity contribution in [3.8, 4) is 0 Å². The minimum atomic E-state index is -3.78. The first-order valence-corrected chi connectivity index (χ1v) is 9.45. The molecule has 1 aromatic carbocycles. The van der Waals surface area contributed by atoms with Crippen molar-refractivity contribution < 1.29 is 22.4 Å². The number of carbonyl (C=O) groups is 1. The molecule has 25 heavy (non-hydrogen) atoms. The Morgan fingerprint density at radius 2 is 1.92 bits per heavy atom. The van der Waals surface area contributed by atoms with Crippen molar-refractivity contribution in [2.24, 2.45) is 0 Å². The lowest BCUT2D eigenvalue weighted by Gasteiger charge is -2.24. The number of hydrogen-bond acceptors (Lipinski definition) is 5. The second kappa shape index (κ2) is 7.17. The smallest absolute Gasteiger partial charge is 0.291 e. The number of sulfonamides is 1. The van der Waals surface area contributed by atoms with E-state index in [1.165, 1.54) is 16.4 Å². The molecule has 1 N–H and O–H groups in total. The van der Waals surface area contributed by atoms with Crippen LogP contribution in [0.4, 0.5) is 5.69 Å². The van der Waals surface area contributed by atoms with Crippen molar-refractivity contribution in [2.75, 3.05) is 31.6 Å². The summed E-state index contributed by atoms with van der Waals surface area (Å²) in [6, 6.07) is 7.72. The van der Waals surface area contributed by atoms with Crippen LogP contribution in [0.15, 0.2) is 39.8 Å².